The summed E-state index contributed by atoms with van der Waals surface area (Å²) in [6.07, 6.45) is 8.05. The molecule has 0 radical (unpaired) electrons. The zero-order chi connectivity index (χ0) is 14.4. The molecule has 0 saturated carbocycles. The monoisotopic (exact) mass is 263 g/mol. The van der Waals surface area contributed by atoms with E-state index in [1.165, 1.54) is 11.1 Å². The number of nitrogens with zero attached hydrogens (tertiary/aromatic N) is 1. The van der Waals surface area contributed by atoms with Crippen LogP contribution in [0, 0.1) is 5.92 Å². The van der Waals surface area contributed by atoms with Crippen LogP contribution in [0.5, 0.6) is 0 Å². The fraction of sp³-hybridized carbons (Fsp3) is 0.562. The molecule has 0 saturated heterocycles. The molecule has 0 fully saturated rings. The van der Waals surface area contributed by atoms with Crippen molar-refractivity contribution in [3.63, 3.8) is 0 Å². The second-order valence-electron chi connectivity index (χ2n) is 5.27. The van der Waals surface area contributed by atoms with E-state index in [0.717, 1.165) is 18.4 Å². The van der Waals surface area contributed by atoms with E-state index in [1.54, 1.807) is 11.9 Å². The summed E-state index contributed by atoms with van der Waals surface area (Å²) in [4.78, 5) is 13.8. The topological polar surface area (TPSA) is 40.5 Å². The Balaban J connectivity index is 2.99. The van der Waals surface area contributed by atoms with Gasteiger partial charge in [0.15, 0.2) is 0 Å². The summed E-state index contributed by atoms with van der Waals surface area (Å²) in [7, 11) is 1.72. The number of amides is 1. The Morgan fingerprint density at radius 1 is 1.42 bits per heavy atom. The van der Waals surface area contributed by atoms with Crippen molar-refractivity contribution in [3.05, 3.63) is 34.9 Å². The first kappa shape index (κ1) is 15.7. The molecule has 1 aliphatic rings. The standard InChI is InChI=1S/C16H25NO2/c1-5-13-6-7-14(11-15(10-13)12(2)3)16(19)17(4)8-9-18/h7,10-12,18H,5-6,8-9H2,1-4H3. The lowest BCUT2D eigenvalue weighted by Gasteiger charge is -2.16. The van der Waals surface area contributed by atoms with Crippen molar-refractivity contribution >= 4 is 5.91 Å². The number of aliphatic hydroxyl groups excluding tert-OH is 1. The molecule has 19 heavy (non-hydrogen) atoms. The fourth-order valence-corrected chi connectivity index (χ4v) is 2.02. The molecule has 0 atom stereocenters. The van der Waals surface area contributed by atoms with Crippen LogP contribution in [0.2, 0.25) is 0 Å². The highest BCUT2D eigenvalue weighted by molar-refractivity contribution is 5.96. The van der Waals surface area contributed by atoms with Crippen LogP contribution in [-0.4, -0.2) is 36.1 Å². The van der Waals surface area contributed by atoms with Crippen LogP contribution < -0.4 is 0 Å². The predicted molar refractivity (Wildman–Crippen MR) is 78.7 cm³/mol. The summed E-state index contributed by atoms with van der Waals surface area (Å²) >= 11 is 0. The van der Waals surface area contributed by atoms with Crippen molar-refractivity contribution in [3.8, 4) is 0 Å². The van der Waals surface area contributed by atoms with Gasteiger partial charge in [-0.25, -0.2) is 0 Å². The van der Waals surface area contributed by atoms with Crippen molar-refractivity contribution in [2.24, 2.45) is 5.92 Å². The van der Waals surface area contributed by atoms with Gasteiger partial charge in [-0.1, -0.05) is 38.5 Å². The lowest BCUT2D eigenvalue weighted by molar-refractivity contribution is -0.126. The van der Waals surface area contributed by atoms with Gasteiger partial charge >= 0.3 is 0 Å². The first-order valence-electron chi connectivity index (χ1n) is 6.97. The van der Waals surface area contributed by atoms with E-state index < -0.39 is 0 Å². The van der Waals surface area contributed by atoms with Crippen molar-refractivity contribution in [1.82, 2.24) is 4.90 Å². The molecule has 0 unspecified atom stereocenters. The minimum atomic E-state index is -0.0158. The lowest BCUT2D eigenvalue weighted by Crippen LogP contribution is -2.30. The van der Waals surface area contributed by atoms with Gasteiger partial charge in [0, 0.05) is 19.2 Å². The number of allylic oxidation sites excluding steroid dienone is 4. The van der Waals surface area contributed by atoms with E-state index in [0.29, 0.717) is 12.5 Å². The summed E-state index contributed by atoms with van der Waals surface area (Å²) in [6, 6.07) is 0. The first-order chi connectivity index (χ1) is 8.99. The van der Waals surface area contributed by atoms with Crippen LogP contribution in [0.15, 0.2) is 34.9 Å². The Bertz CT molecular complexity index is 416. The van der Waals surface area contributed by atoms with Crippen LogP contribution >= 0.6 is 0 Å². The van der Waals surface area contributed by atoms with Crippen LogP contribution in [0.25, 0.3) is 0 Å². The smallest absolute Gasteiger partial charge is 0.253 e. The highest BCUT2D eigenvalue weighted by Crippen LogP contribution is 2.24. The van der Waals surface area contributed by atoms with Gasteiger partial charge in [-0.05, 0) is 30.4 Å². The molecule has 3 nitrogen and oxygen atoms in total. The average Bonchev–Trinajstić information content (AvgIpc) is 2.60. The number of hydrogen-bond donors (Lipinski definition) is 1. The maximum atomic E-state index is 12.3. The molecule has 0 spiro atoms. The SMILES string of the molecule is CCC1=CC(C(C)C)=CC(C(=O)N(C)CCO)=CC1. The third-order valence-corrected chi connectivity index (χ3v) is 3.43. The van der Waals surface area contributed by atoms with Gasteiger partial charge in [0.25, 0.3) is 5.91 Å². The molecule has 1 amide bonds. The average molecular weight is 263 g/mol. The van der Waals surface area contributed by atoms with Crippen molar-refractivity contribution in [1.29, 1.82) is 0 Å². The molecular weight excluding hydrogens is 238 g/mol. The number of rotatable bonds is 5. The molecule has 1 aliphatic carbocycles. The fourth-order valence-electron chi connectivity index (χ4n) is 2.02. The third-order valence-electron chi connectivity index (χ3n) is 3.43. The summed E-state index contributed by atoms with van der Waals surface area (Å²) in [5, 5.41) is 8.92. The van der Waals surface area contributed by atoms with Crippen LogP contribution in [-0.2, 0) is 4.79 Å². The number of likely N-dealkylation sites (N-methyl/N-ethyl adjacent to an activating group) is 1. The predicted octanol–water partition coefficient (Wildman–Crippen LogP) is 2.69. The highest BCUT2D eigenvalue weighted by Gasteiger charge is 2.16. The van der Waals surface area contributed by atoms with Gasteiger partial charge in [0.05, 0.1) is 6.61 Å². The normalized spacial score (nSPS) is 15.6. The van der Waals surface area contributed by atoms with Crippen LogP contribution in [0.4, 0.5) is 0 Å². The molecule has 0 aromatic rings. The number of hydrogen-bond acceptors (Lipinski definition) is 2. The minimum absolute atomic E-state index is 0.00523. The molecular formula is C16H25NO2. The summed E-state index contributed by atoms with van der Waals surface area (Å²) < 4.78 is 0. The Morgan fingerprint density at radius 2 is 2.11 bits per heavy atom. The van der Waals surface area contributed by atoms with Crippen LogP contribution in [0.1, 0.15) is 33.6 Å². The molecule has 106 valence electrons. The van der Waals surface area contributed by atoms with E-state index in [-0.39, 0.29) is 12.5 Å². The minimum Gasteiger partial charge on any atom is -0.395 e. The lowest BCUT2D eigenvalue weighted by atomic mass is 9.99. The second-order valence-corrected chi connectivity index (χ2v) is 5.27. The van der Waals surface area contributed by atoms with E-state index in [9.17, 15) is 4.79 Å². The van der Waals surface area contributed by atoms with Gasteiger partial charge in [-0.15, -0.1) is 0 Å². The Kier molecular flexibility index (Phi) is 6.03. The number of aliphatic hydroxyl groups is 1. The summed E-state index contributed by atoms with van der Waals surface area (Å²) in [5.41, 5.74) is 3.29. The highest BCUT2D eigenvalue weighted by atomic mass is 16.3. The molecule has 1 rings (SSSR count). The van der Waals surface area contributed by atoms with E-state index in [4.69, 9.17) is 5.11 Å². The van der Waals surface area contributed by atoms with Crippen molar-refractivity contribution in [2.45, 2.75) is 33.6 Å². The van der Waals surface area contributed by atoms with Gasteiger partial charge in [-0.2, -0.15) is 0 Å². The second kappa shape index (κ2) is 7.29. The van der Waals surface area contributed by atoms with Gasteiger partial charge in [-0.3, -0.25) is 4.79 Å². The quantitative estimate of drug-likeness (QED) is 0.828. The Labute approximate surface area is 116 Å². The van der Waals surface area contributed by atoms with Gasteiger partial charge in [0.2, 0.25) is 0 Å². The summed E-state index contributed by atoms with van der Waals surface area (Å²) in [6.45, 7) is 6.78. The number of carbonyl (C=O) groups excluding carboxylic acids is 1. The zero-order valence-corrected chi connectivity index (χ0v) is 12.4. The van der Waals surface area contributed by atoms with E-state index >= 15 is 0 Å². The molecule has 0 aromatic heterocycles. The van der Waals surface area contributed by atoms with Gasteiger partial charge in [0.1, 0.15) is 0 Å². The maximum absolute atomic E-state index is 12.3. The maximum Gasteiger partial charge on any atom is 0.253 e. The van der Waals surface area contributed by atoms with E-state index in [2.05, 4.69) is 26.8 Å². The molecule has 1 N–H and O–H groups in total. The molecule has 3 heteroatoms. The third kappa shape index (κ3) is 4.35. The van der Waals surface area contributed by atoms with Gasteiger partial charge < -0.3 is 10.0 Å². The first-order valence-corrected chi connectivity index (χ1v) is 6.97. The molecule has 0 heterocycles. The van der Waals surface area contributed by atoms with E-state index in [1.807, 2.05) is 12.2 Å². The van der Waals surface area contributed by atoms with Crippen LogP contribution in [0.3, 0.4) is 0 Å². The molecule has 0 aromatic carbocycles. The Hall–Kier alpha value is -1.35. The van der Waals surface area contributed by atoms with Crippen molar-refractivity contribution < 1.29 is 9.90 Å². The largest absolute Gasteiger partial charge is 0.395 e. The Morgan fingerprint density at radius 3 is 2.63 bits per heavy atom. The summed E-state index contributed by atoms with van der Waals surface area (Å²) in [5.74, 6) is 0.386. The zero-order valence-electron chi connectivity index (χ0n) is 12.4. The molecule has 0 bridgehead atoms. The molecule has 0 aliphatic heterocycles. The van der Waals surface area contributed by atoms with Crippen molar-refractivity contribution in [2.75, 3.05) is 20.2 Å². The number of carbonyl (C=O) groups is 1.